The largest absolute Gasteiger partial charge is 0.351 e. The molecule has 0 saturated carbocycles. The number of carbonyl (C=O) groups is 1. The number of aromatic nitrogens is 2. The van der Waals surface area contributed by atoms with E-state index < -0.39 is 6.04 Å². The van der Waals surface area contributed by atoms with Gasteiger partial charge < -0.3 is 10.7 Å². The summed E-state index contributed by atoms with van der Waals surface area (Å²) in [6.07, 6.45) is 3.82. The van der Waals surface area contributed by atoms with E-state index in [1.54, 1.807) is 12.5 Å². The average Bonchev–Trinajstić information content (AvgIpc) is 2.39. The summed E-state index contributed by atoms with van der Waals surface area (Å²) in [5, 5.41) is 0. The second-order valence-corrected chi connectivity index (χ2v) is 2.48. The van der Waals surface area contributed by atoms with Crippen molar-refractivity contribution in [2.75, 3.05) is 0 Å². The van der Waals surface area contributed by atoms with Crippen molar-refractivity contribution in [1.29, 1.82) is 0 Å². The summed E-state index contributed by atoms with van der Waals surface area (Å²) in [4.78, 5) is 17.5. The molecule has 1 heterocycles. The zero-order valence-corrected chi connectivity index (χ0v) is 6.37. The average molecular weight is 153 g/mol. The van der Waals surface area contributed by atoms with Crippen LogP contribution in [-0.4, -0.2) is 21.8 Å². The molecule has 1 unspecified atom stereocenters. The number of H-pyrrole nitrogens is 1. The van der Waals surface area contributed by atoms with Crippen molar-refractivity contribution in [2.45, 2.75) is 19.4 Å². The first-order valence-electron chi connectivity index (χ1n) is 3.44. The van der Waals surface area contributed by atoms with Crippen molar-refractivity contribution in [3.8, 4) is 0 Å². The number of hydrogen-bond acceptors (Lipinski definition) is 3. The monoisotopic (exact) mass is 153 g/mol. The summed E-state index contributed by atoms with van der Waals surface area (Å²) >= 11 is 0. The number of rotatable bonds is 3. The van der Waals surface area contributed by atoms with E-state index in [1.807, 2.05) is 0 Å². The molecule has 0 saturated heterocycles. The fraction of sp³-hybridized carbons (Fsp3) is 0.429. The Morgan fingerprint density at radius 1 is 1.91 bits per heavy atom. The fourth-order valence-corrected chi connectivity index (χ4v) is 0.772. The lowest BCUT2D eigenvalue weighted by Gasteiger charge is -2.03. The molecule has 3 N–H and O–H groups in total. The van der Waals surface area contributed by atoms with E-state index in [4.69, 9.17) is 5.73 Å². The molecule has 0 radical (unpaired) electrons. The number of hydrogen-bond donors (Lipinski definition) is 2. The van der Waals surface area contributed by atoms with Crippen LogP contribution in [0.1, 0.15) is 12.6 Å². The molecular formula is C7H11N3O. The third-order valence-corrected chi connectivity index (χ3v) is 1.51. The van der Waals surface area contributed by atoms with Gasteiger partial charge in [-0.2, -0.15) is 0 Å². The van der Waals surface area contributed by atoms with Crippen LogP contribution in [0.25, 0.3) is 0 Å². The van der Waals surface area contributed by atoms with Crippen LogP contribution in [0.2, 0.25) is 0 Å². The minimum Gasteiger partial charge on any atom is -0.351 e. The first-order valence-corrected chi connectivity index (χ1v) is 3.44. The Kier molecular flexibility index (Phi) is 2.38. The molecule has 0 spiro atoms. The van der Waals surface area contributed by atoms with Crippen molar-refractivity contribution in [1.82, 2.24) is 9.97 Å². The van der Waals surface area contributed by atoms with Crippen LogP contribution in [0, 0.1) is 0 Å². The van der Waals surface area contributed by atoms with E-state index in [0.29, 0.717) is 6.42 Å². The number of nitrogens with two attached hydrogens (primary N) is 1. The Morgan fingerprint density at radius 3 is 3.09 bits per heavy atom. The molecule has 0 bridgehead atoms. The molecule has 1 atom stereocenters. The molecule has 0 amide bonds. The first-order chi connectivity index (χ1) is 5.20. The Labute approximate surface area is 64.8 Å². The molecule has 0 aliphatic carbocycles. The van der Waals surface area contributed by atoms with Gasteiger partial charge in [-0.15, -0.1) is 0 Å². The highest BCUT2D eigenvalue weighted by Gasteiger charge is 2.09. The van der Waals surface area contributed by atoms with Crippen LogP contribution in [0.3, 0.4) is 0 Å². The van der Waals surface area contributed by atoms with Crippen molar-refractivity contribution in [3.05, 3.63) is 18.2 Å². The molecule has 0 aliphatic heterocycles. The molecule has 1 aromatic rings. The summed E-state index contributed by atoms with van der Waals surface area (Å²) in [5.74, 6) is -0.00648. The third-order valence-electron chi connectivity index (χ3n) is 1.51. The number of nitrogens with one attached hydrogen (secondary N) is 1. The highest BCUT2D eigenvalue weighted by molar-refractivity contribution is 5.81. The van der Waals surface area contributed by atoms with Gasteiger partial charge in [0.1, 0.15) is 5.78 Å². The second kappa shape index (κ2) is 3.30. The van der Waals surface area contributed by atoms with Gasteiger partial charge in [-0.25, -0.2) is 4.98 Å². The van der Waals surface area contributed by atoms with Gasteiger partial charge in [-0.3, -0.25) is 4.79 Å². The molecule has 0 fully saturated rings. The van der Waals surface area contributed by atoms with Crippen LogP contribution in [0.15, 0.2) is 12.5 Å². The zero-order chi connectivity index (χ0) is 8.27. The Balaban J connectivity index is 2.50. The molecule has 4 nitrogen and oxygen atoms in total. The summed E-state index contributed by atoms with van der Waals surface area (Å²) < 4.78 is 0. The Hall–Kier alpha value is -1.16. The lowest BCUT2D eigenvalue weighted by atomic mass is 10.1. The van der Waals surface area contributed by atoms with E-state index in [-0.39, 0.29) is 5.78 Å². The highest BCUT2D eigenvalue weighted by Crippen LogP contribution is 1.96. The molecule has 1 rings (SSSR count). The minimum atomic E-state index is -0.418. The van der Waals surface area contributed by atoms with E-state index in [9.17, 15) is 4.79 Å². The van der Waals surface area contributed by atoms with Crippen molar-refractivity contribution < 1.29 is 4.79 Å². The van der Waals surface area contributed by atoms with Gasteiger partial charge in [-0.05, 0) is 6.92 Å². The van der Waals surface area contributed by atoms with Crippen LogP contribution in [0.5, 0.6) is 0 Å². The molecular weight excluding hydrogens is 142 g/mol. The number of carbonyl (C=O) groups excluding carboxylic acids is 1. The third kappa shape index (κ3) is 2.16. The number of aromatic amines is 1. The lowest BCUT2D eigenvalue weighted by Crippen LogP contribution is -2.30. The predicted molar refractivity (Wildman–Crippen MR) is 40.9 cm³/mol. The smallest absolute Gasteiger partial charge is 0.146 e. The minimum absolute atomic E-state index is 0.00648. The van der Waals surface area contributed by atoms with Gasteiger partial charge in [0.15, 0.2) is 0 Å². The number of imidazole rings is 1. The van der Waals surface area contributed by atoms with Gasteiger partial charge >= 0.3 is 0 Å². The second-order valence-electron chi connectivity index (χ2n) is 2.48. The zero-order valence-electron chi connectivity index (χ0n) is 6.37. The number of ketones is 1. The van der Waals surface area contributed by atoms with Crippen molar-refractivity contribution >= 4 is 5.78 Å². The van der Waals surface area contributed by atoms with Crippen molar-refractivity contribution in [3.63, 3.8) is 0 Å². The molecule has 1 aromatic heterocycles. The summed E-state index contributed by atoms with van der Waals surface area (Å²) in [5.41, 5.74) is 6.33. The van der Waals surface area contributed by atoms with Gasteiger partial charge in [0.2, 0.25) is 0 Å². The quantitative estimate of drug-likeness (QED) is 0.635. The topological polar surface area (TPSA) is 71.8 Å². The standard InChI is InChI=1S/C7H11N3O/c1-5(11)7(8)2-6-3-9-4-10-6/h3-4,7H,2,8H2,1H3,(H,9,10). The Bertz CT molecular complexity index is 230. The van der Waals surface area contributed by atoms with Crippen LogP contribution < -0.4 is 5.73 Å². The van der Waals surface area contributed by atoms with Crippen LogP contribution in [-0.2, 0) is 11.2 Å². The first kappa shape index (κ1) is 7.94. The molecule has 0 aromatic carbocycles. The normalized spacial score (nSPS) is 12.9. The van der Waals surface area contributed by atoms with Crippen LogP contribution in [0.4, 0.5) is 0 Å². The maximum absolute atomic E-state index is 10.7. The SMILES string of the molecule is CC(=O)C(N)Cc1c[nH]cn1. The van der Waals surface area contributed by atoms with E-state index in [0.717, 1.165) is 5.69 Å². The van der Waals surface area contributed by atoms with Crippen LogP contribution >= 0.6 is 0 Å². The fourth-order valence-electron chi connectivity index (χ4n) is 0.772. The Morgan fingerprint density at radius 2 is 2.64 bits per heavy atom. The number of Topliss-reactive ketones (excluding diaryl/α,β-unsaturated/α-hetero) is 1. The molecule has 60 valence electrons. The van der Waals surface area contributed by atoms with E-state index in [1.165, 1.54) is 6.92 Å². The van der Waals surface area contributed by atoms with Gasteiger partial charge in [-0.1, -0.05) is 0 Å². The maximum Gasteiger partial charge on any atom is 0.146 e. The number of nitrogens with zero attached hydrogens (tertiary/aromatic N) is 1. The van der Waals surface area contributed by atoms with E-state index >= 15 is 0 Å². The summed E-state index contributed by atoms with van der Waals surface area (Å²) in [7, 11) is 0. The maximum atomic E-state index is 10.7. The predicted octanol–water partition coefficient (Wildman–Crippen LogP) is -0.132. The summed E-state index contributed by atoms with van der Waals surface area (Å²) in [6.45, 7) is 1.48. The van der Waals surface area contributed by atoms with Gasteiger partial charge in [0.25, 0.3) is 0 Å². The lowest BCUT2D eigenvalue weighted by molar-refractivity contribution is -0.118. The highest BCUT2D eigenvalue weighted by atomic mass is 16.1. The van der Waals surface area contributed by atoms with Gasteiger partial charge in [0, 0.05) is 12.6 Å². The molecule has 4 heteroatoms. The van der Waals surface area contributed by atoms with Gasteiger partial charge in [0.05, 0.1) is 18.1 Å². The van der Waals surface area contributed by atoms with E-state index in [2.05, 4.69) is 9.97 Å². The summed E-state index contributed by atoms with van der Waals surface area (Å²) in [6, 6.07) is -0.418. The van der Waals surface area contributed by atoms with Crippen molar-refractivity contribution in [2.24, 2.45) is 5.73 Å². The molecule has 0 aliphatic rings. The molecule has 11 heavy (non-hydrogen) atoms.